The van der Waals surface area contributed by atoms with Gasteiger partial charge in [-0.2, -0.15) is 0 Å². The van der Waals surface area contributed by atoms with Crippen LogP contribution in [0.4, 0.5) is 10.8 Å². The standard InChI is InChI=1S/C16H19N3O2S.C3H8.C2H5Br.CH5N/c1-10(9-20)8-12-4-6-13(7-5-12)19-16-18-11(2)14(22-16)15(21)17-3;1-3-2;1-2-3;1-2/h4-7,9-10H,8H2,1-3H3,(H,17,21)(H,18,19);3H2,1-2H3;2H2,1H3;2H2,1H3. The number of anilines is 2. The normalized spacial score (nSPS) is 10.0. The number of thiazole rings is 1. The molecule has 0 saturated heterocycles. The molecule has 0 aliphatic rings. The van der Waals surface area contributed by atoms with Gasteiger partial charge < -0.3 is 21.2 Å². The minimum atomic E-state index is -0.124. The molecule has 0 aliphatic heterocycles. The third-order valence-electron chi connectivity index (χ3n) is 3.23. The quantitative estimate of drug-likeness (QED) is 0.368. The average molecular weight is 502 g/mol. The summed E-state index contributed by atoms with van der Waals surface area (Å²) in [6.45, 7) is 10.0. The van der Waals surface area contributed by atoms with Gasteiger partial charge in [0, 0.05) is 24.0 Å². The van der Waals surface area contributed by atoms with E-state index in [1.807, 2.05) is 45.0 Å². The first-order valence-electron chi connectivity index (χ1n) is 10.0. The lowest BCUT2D eigenvalue weighted by molar-refractivity contribution is -0.110. The molecule has 0 saturated carbocycles. The summed E-state index contributed by atoms with van der Waals surface area (Å²) in [6.07, 6.45) is 2.95. The first-order chi connectivity index (χ1) is 14.4. The maximum absolute atomic E-state index is 11.7. The highest BCUT2D eigenvalue weighted by atomic mass is 79.9. The van der Waals surface area contributed by atoms with Crippen LogP contribution in [0, 0.1) is 12.8 Å². The summed E-state index contributed by atoms with van der Waals surface area (Å²) in [5.41, 5.74) is 7.23. The van der Waals surface area contributed by atoms with Crippen molar-refractivity contribution in [1.82, 2.24) is 10.3 Å². The molecule has 8 heteroatoms. The number of aldehydes is 1. The van der Waals surface area contributed by atoms with Crippen LogP contribution in [-0.2, 0) is 11.2 Å². The second-order valence-corrected chi connectivity index (χ2v) is 8.25. The van der Waals surface area contributed by atoms with Crippen molar-refractivity contribution in [3.63, 3.8) is 0 Å². The first kappa shape index (κ1) is 30.4. The maximum Gasteiger partial charge on any atom is 0.263 e. The second-order valence-electron chi connectivity index (χ2n) is 6.13. The zero-order valence-electron chi connectivity index (χ0n) is 19.2. The van der Waals surface area contributed by atoms with Gasteiger partial charge in [0.05, 0.1) is 5.69 Å². The molecule has 0 bridgehead atoms. The van der Waals surface area contributed by atoms with E-state index in [0.717, 1.165) is 29.3 Å². The van der Waals surface area contributed by atoms with Crippen molar-refractivity contribution >= 4 is 50.3 Å². The van der Waals surface area contributed by atoms with Crippen LogP contribution in [0.5, 0.6) is 0 Å². The highest BCUT2D eigenvalue weighted by molar-refractivity contribution is 9.09. The van der Waals surface area contributed by atoms with E-state index in [-0.39, 0.29) is 11.8 Å². The fraction of sp³-hybridized carbons (Fsp3) is 0.500. The molecule has 1 aromatic carbocycles. The number of aromatic nitrogens is 1. The number of amides is 1. The number of nitrogens with one attached hydrogen (secondary N) is 2. The van der Waals surface area contributed by atoms with E-state index in [9.17, 15) is 9.59 Å². The van der Waals surface area contributed by atoms with Gasteiger partial charge in [0.25, 0.3) is 5.91 Å². The van der Waals surface area contributed by atoms with Gasteiger partial charge in [-0.1, -0.05) is 73.5 Å². The van der Waals surface area contributed by atoms with E-state index in [1.165, 1.54) is 24.8 Å². The number of hydrogen-bond donors (Lipinski definition) is 3. The third-order valence-corrected chi connectivity index (χ3v) is 4.30. The molecular weight excluding hydrogens is 464 g/mol. The SMILES string of the molecule is CCBr.CCC.CN.CNC(=O)c1sc(Nc2ccc(CC(C)C=O)cc2)nc1C. The van der Waals surface area contributed by atoms with Gasteiger partial charge in [-0.3, -0.25) is 4.79 Å². The molecule has 1 unspecified atom stereocenters. The molecule has 0 fully saturated rings. The summed E-state index contributed by atoms with van der Waals surface area (Å²) in [5, 5.41) is 7.55. The number of alkyl halides is 1. The third kappa shape index (κ3) is 12.7. The van der Waals surface area contributed by atoms with E-state index in [4.69, 9.17) is 0 Å². The van der Waals surface area contributed by atoms with Crippen LogP contribution in [0.2, 0.25) is 0 Å². The summed E-state index contributed by atoms with van der Waals surface area (Å²) in [6, 6.07) is 7.87. The Labute approximate surface area is 194 Å². The zero-order chi connectivity index (χ0) is 23.5. The fourth-order valence-electron chi connectivity index (χ4n) is 2.04. The van der Waals surface area contributed by atoms with Gasteiger partial charge in [0.1, 0.15) is 11.2 Å². The van der Waals surface area contributed by atoms with Crippen LogP contribution in [0.15, 0.2) is 24.3 Å². The summed E-state index contributed by atoms with van der Waals surface area (Å²) in [7, 11) is 3.10. The zero-order valence-corrected chi connectivity index (χ0v) is 21.6. The Morgan fingerprint density at radius 2 is 1.73 bits per heavy atom. The number of halogens is 1. The molecule has 170 valence electrons. The number of carbonyl (C=O) groups is 2. The first-order valence-corrected chi connectivity index (χ1v) is 11.9. The van der Waals surface area contributed by atoms with Gasteiger partial charge in [0.2, 0.25) is 0 Å². The Morgan fingerprint density at radius 3 is 2.17 bits per heavy atom. The summed E-state index contributed by atoms with van der Waals surface area (Å²) in [5.74, 6) is -0.100. The molecule has 1 heterocycles. The molecule has 0 radical (unpaired) electrons. The molecule has 0 aliphatic carbocycles. The fourth-order valence-corrected chi connectivity index (χ4v) is 2.97. The van der Waals surface area contributed by atoms with E-state index in [2.05, 4.69) is 51.1 Å². The predicted octanol–water partition coefficient (Wildman–Crippen LogP) is 5.32. The summed E-state index contributed by atoms with van der Waals surface area (Å²) in [4.78, 5) is 27.3. The maximum atomic E-state index is 11.7. The Bertz CT molecular complexity index is 704. The molecular formula is C22H37BrN4O2S. The average Bonchev–Trinajstić information content (AvgIpc) is 3.11. The minimum Gasteiger partial charge on any atom is -0.354 e. The van der Waals surface area contributed by atoms with Crippen LogP contribution >= 0.6 is 27.3 Å². The van der Waals surface area contributed by atoms with E-state index < -0.39 is 0 Å². The Morgan fingerprint density at radius 1 is 1.23 bits per heavy atom. The molecule has 6 nitrogen and oxygen atoms in total. The largest absolute Gasteiger partial charge is 0.354 e. The number of carbonyl (C=O) groups excluding carboxylic acids is 2. The van der Waals surface area contributed by atoms with Crippen molar-refractivity contribution in [1.29, 1.82) is 0 Å². The van der Waals surface area contributed by atoms with E-state index in [1.54, 1.807) is 7.05 Å². The molecule has 1 amide bonds. The van der Waals surface area contributed by atoms with Crippen molar-refractivity contribution in [3.05, 3.63) is 40.4 Å². The monoisotopic (exact) mass is 500 g/mol. The van der Waals surface area contributed by atoms with Crippen LogP contribution < -0.4 is 16.4 Å². The molecule has 1 atom stereocenters. The number of rotatable bonds is 6. The lowest BCUT2D eigenvalue weighted by Crippen LogP contribution is -2.17. The smallest absolute Gasteiger partial charge is 0.263 e. The van der Waals surface area contributed by atoms with Gasteiger partial charge in [-0.15, -0.1) is 0 Å². The molecule has 1 aromatic heterocycles. The van der Waals surface area contributed by atoms with Crippen LogP contribution in [0.25, 0.3) is 0 Å². The van der Waals surface area contributed by atoms with Crippen molar-refractivity contribution in [2.45, 2.75) is 47.5 Å². The van der Waals surface area contributed by atoms with Crippen molar-refractivity contribution < 1.29 is 9.59 Å². The van der Waals surface area contributed by atoms with E-state index >= 15 is 0 Å². The number of aryl methyl sites for hydroxylation is 1. The number of nitrogens with two attached hydrogens (primary N) is 1. The Balaban J connectivity index is 0. The second kappa shape index (κ2) is 19.2. The highest BCUT2D eigenvalue weighted by Gasteiger charge is 2.13. The van der Waals surface area contributed by atoms with Crippen LogP contribution in [-0.4, -0.2) is 36.6 Å². The molecule has 0 spiro atoms. The number of benzene rings is 1. The van der Waals surface area contributed by atoms with Crippen molar-refractivity contribution in [2.75, 3.05) is 24.7 Å². The Kier molecular flexibility index (Phi) is 19.5. The Hall–Kier alpha value is -1.77. The summed E-state index contributed by atoms with van der Waals surface area (Å²) < 4.78 is 0. The molecule has 2 rings (SSSR count). The van der Waals surface area contributed by atoms with Gasteiger partial charge in [-0.05, 0) is 38.1 Å². The number of hydrogen-bond acceptors (Lipinski definition) is 6. The number of nitrogens with zero attached hydrogens (tertiary/aromatic N) is 1. The highest BCUT2D eigenvalue weighted by Crippen LogP contribution is 2.26. The predicted molar refractivity (Wildman–Crippen MR) is 134 cm³/mol. The van der Waals surface area contributed by atoms with Crippen LogP contribution in [0.3, 0.4) is 0 Å². The van der Waals surface area contributed by atoms with Gasteiger partial charge in [-0.25, -0.2) is 4.98 Å². The van der Waals surface area contributed by atoms with Crippen LogP contribution in [0.1, 0.15) is 55.0 Å². The molecule has 4 N–H and O–H groups in total. The van der Waals surface area contributed by atoms with Gasteiger partial charge in [0.15, 0.2) is 5.13 Å². The summed E-state index contributed by atoms with van der Waals surface area (Å²) >= 11 is 4.47. The lowest BCUT2D eigenvalue weighted by Gasteiger charge is -2.06. The molecule has 2 aromatic rings. The molecule has 30 heavy (non-hydrogen) atoms. The topological polar surface area (TPSA) is 97.1 Å². The van der Waals surface area contributed by atoms with E-state index in [0.29, 0.717) is 15.7 Å². The lowest BCUT2D eigenvalue weighted by atomic mass is 10.0. The van der Waals surface area contributed by atoms with Gasteiger partial charge >= 0.3 is 0 Å². The minimum absolute atomic E-state index is 0.0236. The van der Waals surface area contributed by atoms with Crippen molar-refractivity contribution in [2.24, 2.45) is 11.7 Å². The van der Waals surface area contributed by atoms with Crippen molar-refractivity contribution in [3.8, 4) is 0 Å².